The first-order valence-corrected chi connectivity index (χ1v) is 5.13. The molecular formula is C11H13NO3. The van der Waals surface area contributed by atoms with E-state index in [0.29, 0.717) is 0 Å². The van der Waals surface area contributed by atoms with E-state index in [0.717, 1.165) is 18.7 Å². The lowest BCUT2D eigenvalue weighted by Gasteiger charge is -2.11. The molecule has 4 nitrogen and oxygen atoms in total. The molecule has 2 aliphatic rings. The van der Waals surface area contributed by atoms with Crippen molar-refractivity contribution >= 4 is 0 Å². The van der Waals surface area contributed by atoms with Crippen LogP contribution >= 0.6 is 0 Å². The second-order valence-corrected chi connectivity index (χ2v) is 3.93. The van der Waals surface area contributed by atoms with Crippen LogP contribution in [0.5, 0.6) is 5.75 Å². The van der Waals surface area contributed by atoms with Crippen molar-refractivity contribution < 1.29 is 14.6 Å². The topological polar surface area (TPSA) is 50.7 Å². The molecule has 1 aromatic carbocycles. The predicted octanol–water partition coefficient (Wildman–Crippen LogP) is 0.778. The third-order valence-electron chi connectivity index (χ3n) is 2.87. The summed E-state index contributed by atoms with van der Waals surface area (Å²) in [6, 6.07) is 6.95. The molecule has 2 heterocycles. The third-order valence-corrected chi connectivity index (χ3v) is 2.87. The highest BCUT2D eigenvalue weighted by Crippen LogP contribution is 2.33. The molecule has 0 amide bonds. The van der Waals surface area contributed by atoms with Gasteiger partial charge in [-0.25, -0.2) is 0 Å². The molecule has 0 saturated carbocycles. The molecule has 2 saturated heterocycles. The van der Waals surface area contributed by atoms with E-state index in [9.17, 15) is 0 Å². The molecule has 2 aliphatic heterocycles. The van der Waals surface area contributed by atoms with Gasteiger partial charge in [0.25, 0.3) is 0 Å². The Morgan fingerprint density at radius 3 is 2.27 bits per heavy atom. The monoisotopic (exact) mass is 207 g/mol. The average Bonchev–Trinajstić information content (AvgIpc) is 2.78. The number of hydrogen-bond acceptors (Lipinski definition) is 4. The van der Waals surface area contributed by atoms with Crippen molar-refractivity contribution in [3.05, 3.63) is 29.8 Å². The molecule has 15 heavy (non-hydrogen) atoms. The Balaban J connectivity index is 1.76. The van der Waals surface area contributed by atoms with Gasteiger partial charge in [-0.15, -0.1) is 0 Å². The zero-order valence-electron chi connectivity index (χ0n) is 8.22. The Morgan fingerprint density at radius 1 is 1.07 bits per heavy atom. The summed E-state index contributed by atoms with van der Waals surface area (Å²) in [5.74, 6) is 0.263. The van der Waals surface area contributed by atoms with Gasteiger partial charge in [0.05, 0.1) is 0 Å². The predicted molar refractivity (Wildman–Crippen MR) is 53.5 cm³/mol. The summed E-state index contributed by atoms with van der Waals surface area (Å²) < 4.78 is 11.5. The van der Waals surface area contributed by atoms with Gasteiger partial charge in [0.2, 0.25) is 0 Å². The van der Waals surface area contributed by atoms with Crippen molar-refractivity contribution in [1.29, 1.82) is 0 Å². The molecule has 0 aliphatic carbocycles. The SMILES string of the molecule is Oc1ccc(C2OC3CNCC3O2)cc1. The van der Waals surface area contributed by atoms with Gasteiger partial charge in [0, 0.05) is 18.7 Å². The highest BCUT2D eigenvalue weighted by Gasteiger charge is 2.39. The summed E-state index contributed by atoms with van der Waals surface area (Å²) in [6.07, 6.45) is 0.0651. The molecular weight excluding hydrogens is 194 g/mol. The fourth-order valence-corrected chi connectivity index (χ4v) is 2.04. The first-order valence-electron chi connectivity index (χ1n) is 5.13. The van der Waals surface area contributed by atoms with Gasteiger partial charge in [-0.1, -0.05) is 12.1 Å². The van der Waals surface area contributed by atoms with Crippen molar-refractivity contribution in [3.8, 4) is 5.75 Å². The largest absolute Gasteiger partial charge is 0.508 e. The van der Waals surface area contributed by atoms with E-state index < -0.39 is 0 Å². The molecule has 2 unspecified atom stereocenters. The van der Waals surface area contributed by atoms with Gasteiger partial charge in [-0.05, 0) is 12.1 Å². The van der Waals surface area contributed by atoms with Crippen LogP contribution in [0.1, 0.15) is 11.9 Å². The van der Waals surface area contributed by atoms with Crippen molar-refractivity contribution in [1.82, 2.24) is 5.32 Å². The van der Waals surface area contributed by atoms with Gasteiger partial charge in [-0.3, -0.25) is 0 Å². The molecule has 0 spiro atoms. The number of ether oxygens (including phenoxy) is 2. The minimum atomic E-state index is -0.275. The number of benzene rings is 1. The molecule has 0 bridgehead atoms. The van der Waals surface area contributed by atoms with Crippen LogP contribution in [0.4, 0.5) is 0 Å². The van der Waals surface area contributed by atoms with E-state index in [1.54, 1.807) is 12.1 Å². The van der Waals surface area contributed by atoms with Crippen LogP contribution in [0.2, 0.25) is 0 Å². The summed E-state index contributed by atoms with van der Waals surface area (Å²) in [7, 11) is 0. The van der Waals surface area contributed by atoms with Gasteiger partial charge in [-0.2, -0.15) is 0 Å². The summed E-state index contributed by atoms with van der Waals surface area (Å²) in [5, 5.41) is 12.4. The maximum Gasteiger partial charge on any atom is 0.184 e. The number of nitrogens with one attached hydrogen (secondary N) is 1. The van der Waals surface area contributed by atoms with E-state index >= 15 is 0 Å². The molecule has 2 N–H and O–H groups in total. The van der Waals surface area contributed by atoms with Crippen LogP contribution in [-0.4, -0.2) is 30.4 Å². The van der Waals surface area contributed by atoms with Gasteiger partial charge in [0.1, 0.15) is 18.0 Å². The zero-order valence-corrected chi connectivity index (χ0v) is 8.22. The van der Waals surface area contributed by atoms with Gasteiger partial charge in [0.15, 0.2) is 6.29 Å². The number of aromatic hydroxyl groups is 1. The maximum atomic E-state index is 9.17. The van der Waals surface area contributed by atoms with E-state index in [2.05, 4.69) is 5.32 Å². The van der Waals surface area contributed by atoms with Crippen molar-refractivity contribution in [2.45, 2.75) is 18.5 Å². The van der Waals surface area contributed by atoms with Crippen LogP contribution in [-0.2, 0) is 9.47 Å². The molecule has 2 atom stereocenters. The molecule has 1 aromatic rings. The summed E-state index contributed by atoms with van der Waals surface area (Å²) >= 11 is 0. The lowest BCUT2D eigenvalue weighted by molar-refractivity contribution is -0.0728. The molecule has 3 rings (SSSR count). The Hall–Kier alpha value is -1.10. The number of phenolic OH excluding ortho intramolecular Hbond substituents is 1. The van der Waals surface area contributed by atoms with E-state index in [1.165, 1.54) is 0 Å². The lowest BCUT2D eigenvalue weighted by atomic mass is 10.2. The summed E-state index contributed by atoms with van der Waals surface area (Å²) in [5.41, 5.74) is 0.960. The highest BCUT2D eigenvalue weighted by atomic mass is 16.7. The zero-order chi connectivity index (χ0) is 10.3. The summed E-state index contributed by atoms with van der Waals surface area (Å²) in [4.78, 5) is 0. The van der Waals surface area contributed by atoms with Crippen molar-refractivity contribution in [3.63, 3.8) is 0 Å². The molecule has 0 aromatic heterocycles. The van der Waals surface area contributed by atoms with Crippen molar-refractivity contribution in [2.75, 3.05) is 13.1 Å². The van der Waals surface area contributed by atoms with E-state index in [1.807, 2.05) is 12.1 Å². The van der Waals surface area contributed by atoms with Crippen LogP contribution in [0.15, 0.2) is 24.3 Å². The average molecular weight is 207 g/mol. The Bertz CT molecular complexity index is 339. The van der Waals surface area contributed by atoms with E-state index in [-0.39, 0.29) is 24.2 Å². The normalized spacial score (nSPS) is 34.3. The fraction of sp³-hybridized carbons (Fsp3) is 0.455. The number of phenols is 1. The van der Waals surface area contributed by atoms with Crippen LogP contribution in [0.25, 0.3) is 0 Å². The van der Waals surface area contributed by atoms with Crippen LogP contribution in [0, 0.1) is 0 Å². The number of fused-ring (bicyclic) bond motifs is 1. The fourth-order valence-electron chi connectivity index (χ4n) is 2.04. The first kappa shape index (κ1) is 9.15. The Labute approximate surface area is 87.8 Å². The van der Waals surface area contributed by atoms with E-state index in [4.69, 9.17) is 14.6 Å². The minimum Gasteiger partial charge on any atom is -0.508 e. The summed E-state index contributed by atoms with van der Waals surface area (Å²) in [6.45, 7) is 1.72. The number of hydrogen-bond donors (Lipinski definition) is 2. The smallest absolute Gasteiger partial charge is 0.184 e. The van der Waals surface area contributed by atoms with Gasteiger partial charge < -0.3 is 19.9 Å². The maximum absolute atomic E-state index is 9.17. The van der Waals surface area contributed by atoms with Crippen LogP contribution < -0.4 is 5.32 Å². The second-order valence-electron chi connectivity index (χ2n) is 3.93. The number of rotatable bonds is 1. The lowest BCUT2D eigenvalue weighted by Crippen LogP contribution is -2.18. The third kappa shape index (κ3) is 1.61. The van der Waals surface area contributed by atoms with Gasteiger partial charge >= 0.3 is 0 Å². The second kappa shape index (κ2) is 3.48. The Kier molecular flexibility index (Phi) is 2.12. The molecule has 2 fully saturated rings. The first-order chi connectivity index (χ1) is 7.33. The molecule has 4 heteroatoms. The standard InChI is InChI=1S/C11H13NO3/c13-8-3-1-7(2-4-8)11-14-9-5-12-6-10(9)15-11/h1-4,9-13H,5-6H2. The van der Waals surface area contributed by atoms with Crippen LogP contribution in [0.3, 0.4) is 0 Å². The molecule has 80 valence electrons. The molecule has 0 radical (unpaired) electrons. The highest BCUT2D eigenvalue weighted by molar-refractivity contribution is 5.27. The quantitative estimate of drug-likeness (QED) is 0.714. The Morgan fingerprint density at radius 2 is 1.67 bits per heavy atom. The minimum absolute atomic E-state index is 0.170. The van der Waals surface area contributed by atoms with Crippen molar-refractivity contribution in [2.24, 2.45) is 0 Å².